The molecule has 1 unspecified atom stereocenters. The van der Waals surface area contributed by atoms with E-state index in [-0.39, 0.29) is 31.0 Å². The van der Waals surface area contributed by atoms with E-state index in [9.17, 15) is 4.79 Å². The molecule has 124 valence electrons. The lowest BCUT2D eigenvalue weighted by atomic mass is 10.2. The van der Waals surface area contributed by atoms with Crippen molar-refractivity contribution in [2.24, 2.45) is 0 Å². The number of hydrogen-bond acceptors (Lipinski definition) is 4. The van der Waals surface area contributed by atoms with Crippen LogP contribution in [0.25, 0.3) is 0 Å². The van der Waals surface area contributed by atoms with E-state index in [1.54, 1.807) is 0 Å². The van der Waals surface area contributed by atoms with Gasteiger partial charge in [0.1, 0.15) is 0 Å². The summed E-state index contributed by atoms with van der Waals surface area (Å²) < 4.78 is 11.1. The highest BCUT2D eigenvalue weighted by Gasteiger charge is 2.28. The zero-order valence-corrected chi connectivity index (χ0v) is 14.0. The second-order valence-electron chi connectivity index (χ2n) is 5.11. The van der Waals surface area contributed by atoms with Gasteiger partial charge in [-0.1, -0.05) is 12.1 Å². The molecule has 0 saturated carbocycles. The molecule has 0 bridgehead atoms. The van der Waals surface area contributed by atoms with Gasteiger partial charge in [0.2, 0.25) is 0 Å². The number of ether oxygens (including phenoxy) is 2. The molecule has 0 radical (unpaired) electrons. The quantitative estimate of drug-likeness (QED) is 0.832. The molecule has 1 aromatic carbocycles. The minimum Gasteiger partial charge on any atom is -0.490 e. The highest BCUT2D eigenvalue weighted by molar-refractivity contribution is 5.85. The first-order valence-corrected chi connectivity index (χ1v) is 7.55. The number of nitrogens with one attached hydrogen (secondary N) is 1. The molecule has 5 nitrogen and oxygen atoms in total. The molecule has 0 aliphatic carbocycles. The van der Waals surface area contributed by atoms with E-state index in [4.69, 9.17) is 9.47 Å². The van der Waals surface area contributed by atoms with Gasteiger partial charge in [-0.05, 0) is 38.9 Å². The van der Waals surface area contributed by atoms with E-state index in [2.05, 4.69) is 5.32 Å². The lowest BCUT2D eigenvalue weighted by Gasteiger charge is -2.24. The molecule has 1 fully saturated rings. The summed E-state index contributed by atoms with van der Waals surface area (Å²) in [6.07, 6.45) is 2.12. The molecule has 0 aromatic heterocycles. The first-order valence-electron chi connectivity index (χ1n) is 7.55. The van der Waals surface area contributed by atoms with E-state index < -0.39 is 0 Å². The third kappa shape index (κ3) is 4.78. The summed E-state index contributed by atoms with van der Waals surface area (Å²) in [7, 11) is 1.91. The molecule has 2 rings (SSSR count). The molecule has 1 amide bonds. The molecule has 1 saturated heterocycles. The SMILES string of the molecule is CCOc1ccccc1OCC(=O)N1CCCC1CNC.Cl. The number of nitrogens with zero attached hydrogens (tertiary/aromatic N) is 1. The Kier molecular flexibility index (Phi) is 8.06. The molecular formula is C16H25ClN2O3. The maximum absolute atomic E-state index is 12.3. The number of para-hydroxylation sites is 2. The summed E-state index contributed by atoms with van der Waals surface area (Å²) in [6, 6.07) is 7.73. The van der Waals surface area contributed by atoms with Gasteiger partial charge < -0.3 is 19.7 Å². The number of halogens is 1. The van der Waals surface area contributed by atoms with Gasteiger partial charge in [-0.25, -0.2) is 0 Å². The van der Waals surface area contributed by atoms with Crippen LogP contribution in [0.4, 0.5) is 0 Å². The Balaban J connectivity index is 0.00000242. The number of benzene rings is 1. The fourth-order valence-corrected chi connectivity index (χ4v) is 2.68. The predicted octanol–water partition coefficient (Wildman–Crippen LogP) is 2.10. The highest BCUT2D eigenvalue weighted by atomic mass is 35.5. The van der Waals surface area contributed by atoms with Crippen molar-refractivity contribution in [3.05, 3.63) is 24.3 Å². The first kappa shape index (κ1) is 18.6. The Bertz CT molecular complexity index is 470. The Morgan fingerprint density at radius 3 is 2.64 bits per heavy atom. The van der Waals surface area contributed by atoms with E-state index in [0.29, 0.717) is 18.1 Å². The van der Waals surface area contributed by atoms with Crippen molar-refractivity contribution in [3.8, 4) is 11.5 Å². The van der Waals surface area contributed by atoms with Gasteiger partial charge in [0.15, 0.2) is 18.1 Å². The fraction of sp³-hybridized carbons (Fsp3) is 0.562. The zero-order valence-electron chi connectivity index (χ0n) is 13.2. The summed E-state index contributed by atoms with van der Waals surface area (Å²) >= 11 is 0. The van der Waals surface area contributed by atoms with E-state index in [1.165, 1.54) is 0 Å². The normalized spacial score (nSPS) is 17.0. The van der Waals surface area contributed by atoms with Crippen molar-refractivity contribution >= 4 is 18.3 Å². The molecule has 1 N–H and O–H groups in total. The Labute approximate surface area is 138 Å². The second-order valence-corrected chi connectivity index (χ2v) is 5.11. The van der Waals surface area contributed by atoms with Crippen molar-refractivity contribution in [2.45, 2.75) is 25.8 Å². The maximum atomic E-state index is 12.3. The molecule has 1 aliphatic rings. The van der Waals surface area contributed by atoms with E-state index >= 15 is 0 Å². The highest BCUT2D eigenvalue weighted by Crippen LogP contribution is 2.26. The van der Waals surface area contributed by atoms with Crippen LogP contribution in [0.15, 0.2) is 24.3 Å². The van der Waals surface area contributed by atoms with Crippen LogP contribution in [0.1, 0.15) is 19.8 Å². The van der Waals surface area contributed by atoms with Gasteiger partial charge in [-0.15, -0.1) is 12.4 Å². The Morgan fingerprint density at radius 2 is 2.00 bits per heavy atom. The summed E-state index contributed by atoms with van der Waals surface area (Å²) in [5.74, 6) is 1.34. The van der Waals surface area contributed by atoms with Crippen LogP contribution < -0.4 is 14.8 Å². The van der Waals surface area contributed by atoms with Gasteiger partial charge in [-0.2, -0.15) is 0 Å². The molecule has 1 heterocycles. The zero-order chi connectivity index (χ0) is 15.1. The smallest absolute Gasteiger partial charge is 0.260 e. The third-order valence-corrected chi connectivity index (χ3v) is 3.64. The number of hydrogen-bond donors (Lipinski definition) is 1. The lowest BCUT2D eigenvalue weighted by molar-refractivity contribution is -0.134. The number of carbonyl (C=O) groups is 1. The average molecular weight is 329 g/mol. The van der Waals surface area contributed by atoms with Crippen molar-refractivity contribution in [3.63, 3.8) is 0 Å². The van der Waals surface area contributed by atoms with Crippen LogP contribution in [-0.4, -0.2) is 50.2 Å². The molecule has 1 aliphatic heterocycles. The van der Waals surface area contributed by atoms with Crippen molar-refractivity contribution < 1.29 is 14.3 Å². The number of likely N-dealkylation sites (tertiary alicyclic amines) is 1. The van der Waals surface area contributed by atoms with Gasteiger partial charge in [0.25, 0.3) is 5.91 Å². The Hall–Kier alpha value is -1.46. The topological polar surface area (TPSA) is 50.8 Å². The monoisotopic (exact) mass is 328 g/mol. The second kappa shape index (κ2) is 9.54. The van der Waals surface area contributed by atoms with Crippen molar-refractivity contribution in [1.29, 1.82) is 0 Å². The van der Waals surface area contributed by atoms with Crippen LogP contribution in [-0.2, 0) is 4.79 Å². The van der Waals surface area contributed by atoms with Gasteiger partial charge >= 0.3 is 0 Å². The largest absolute Gasteiger partial charge is 0.490 e. The summed E-state index contributed by atoms with van der Waals surface area (Å²) in [5, 5.41) is 3.14. The third-order valence-electron chi connectivity index (χ3n) is 3.64. The van der Waals surface area contributed by atoms with Crippen LogP contribution in [0.2, 0.25) is 0 Å². The van der Waals surface area contributed by atoms with Crippen LogP contribution >= 0.6 is 12.4 Å². The van der Waals surface area contributed by atoms with Crippen LogP contribution in [0.3, 0.4) is 0 Å². The summed E-state index contributed by atoms with van der Waals surface area (Å²) in [4.78, 5) is 14.2. The van der Waals surface area contributed by atoms with Gasteiger partial charge in [0.05, 0.1) is 6.61 Å². The number of carbonyl (C=O) groups excluding carboxylic acids is 1. The number of amides is 1. The van der Waals surface area contributed by atoms with Gasteiger partial charge in [-0.3, -0.25) is 4.79 Å². The molecule has 22 heavy (non-hydrogen) atoms. The molecule has 1 atom stereocenters. The minimum atomic E-state index is 0. The lowest BCUT2D eigenvalue weighted by Crippen LogP contribution is -2.43. The number of likely N-dealkylation sites (N-methyl/N-ethyl adjacent to an activating group) is 1. The predicted molar refractivity (Wildman–Crippen MR) is 89.0 cm³/mol. The number of rotatable bonds is 7. The standard InChI is InChI=1S/C16H24N2O3.ClH/c1-3-20-14-8-4-5-9-15(14)21-12-16(19)18-10-6-7-13(18)11-17-2;/h4-5,8-9,13,17H,3,6-7,10-12H2,1-2H3;1H. The molecular weight excluding hydrogens is 304 g/mol. The molecule has 0 spiro atoms. The molecule has 6 heteroatoms. The first-order chi connectivity index (χ1) is 10.3. The maximum Gasteiger partial charge on any atom is 0.260 e. The fourth-order valence-electron chi connectivity index (χ4n) is 2.68. The molecule has 1 aromatic rings. The summed E-state index contributed by atoms with van der Waals surface area (Å²) in [6.45, 7) is 4.21. The Morgan fingerprint density at radius 1 is 1.32 bits per heavy atom. The van der Waals surface area contributed by atoms with Gasteiger partial charge in [0, 0.05) is 19.1 Å². The van der Waals surface area contributed by atoms with Crippen LogP contribution in [0.5, 0.6) is 11.5 Å². The van der Waals surface area contributed by atoms with Crippen molar-refractivity contribution in [1.82, 2.24) is 10.2 Å². The average Bonchev–Trinajstić information content (AvgIpc) is 2.95. The minimum absolute atomic E-state index is 0. The van der Waals surface area contributed by atoms with Crippen LogP contribution in [0, 0.1) is 0 Å². The summed E-state index contributed by atoms with van der Waals surface area (Å²) in [5.41, 5.74) is 0. The van der Waals surface area contributed by atoms with E-state index in [0.717, 1.165) is 25.9 Å². The van der Waals surface area contributed by atoms with E-state index in [1.807, 2.05) is 43.1 Å². The van der Waals surface area contributed by atoms with Crippen molar-refractivity contribution in [2.75, 3.05) is 33.4 Å².